The third kappa shape index (κ3) is 5.25. The van der Waals surface area contributed by atoms with Crippen LogP contribution in [0.3, 0.4) is 0 Å². The Morgan fingerprint density at radius 3 is 2.59 bits per heavy atom. The van der Waals surface area contributed by atoms with Gasteiger partial charge in [0.15, 0.2) is 11.0 Å². The molecule has 2 aromatic carbocycles. The van der Waals surface area contributed by atoms with E-state index in [-0.39, 0.29) is 12.4 Å². The van der Waals surface area contributed by atoms with Crippen LogP contribution in [0.4, 0.5) is 4.39 Å². The molecule has 3 aromatic rings. The van der Waals surface area contributed by atoms with Crippen LogP contribution < -0.4 is 4.74 Å². The van der Waals surface area contributed by atoms with Crippen molar-refractivity contribution in [3.05, 3.63) is 82.4 Å². The normalized spacial score (nSPS) is 10.8. The summed E-state index contributed by atoms with van der Waals surface area (Å²) in [5, 5.41) is 10.3. The van der Waals surface area contributed by atoms with Crippen molar-refractivity contribution in [1.82, 2.24) is 14.8 Å². The molecule has 0 saturated heterocycles. The predicted molar refractivity (Wildman–Crippen MR) is 107 cm³/mol. The molecule has 0 aliphatic rings. The first-order valence-electron chi connectivity index (χ1n) is 8.05. The molecule has 1 heterocycles. The molecule has 140 valence electrons. The van der Waals surface area contributed by atoms with Crippen LogP contribution in [0.2, 0.25) is 10.0 Å². The topological polar surface area (TPSA) is 39.9 Å². The van der Waals surface area contributed by atoms with E-state index in [1.165, 1.54) is 23.9 Å². The number of hydrogen-bond donors (Lipinski definition) is 0. The van der Waals surface area contributed by atoms with Crippen molar-refractivity contribution >= 4 is 35.0 Å². The number of allylic oxidation sites excluding steroid dienone is 1. The van der Waals surface area contributed by atoms with Crippen LogP contribution in [0, 0.1) is 5.82 Å². The quantitative estimate of drug-likeness (QED) is 0.340. The van der Waals surface area contributed by atoms with E-state index >= 15 is 0 Å². The van der Waals surface area contributed by atoms with E-state index in [4.69, 9.17) is 27.9 Å². The van der Waals surface area contributed by atoms with Gasteiger partial charge in [0, 0.05) is 12.3 Å². The number of rotatable bonds is 8. The van der Waals surface area contributed by atoms with Crippen LogP contribution in [0.1, 0.15) is 11.4 Å². The first-order chi connectivity index (χ1) is 13.1. The van der Waals surface area contributed by atoms with Gasteiger partial charge < -0.3 is 4.74 Å². The van der Waals surface area contributed by atoms with Crippen LogP contribution >= 0.6 is 35.0 Å². The number of thioether (sulfide) groups is 1. The molecular weight excluding hydrogens is 408 g/mol. The summed E-state index contributed by atoms with van der Waals surface area (Å²) in [5.74, 6) is 1.59. The Morgan fingerprint density at radius 1 is 1.11 bits per heavy atom. The van der Waals surface area contributed by atoms with Gasteiger partial charge in [-0.25, -0.2) is 4.39 Å². The zero-order valence-corrected chi connectivity index (χ0v) is 16.6. The van der Waals surface area contributed by atoms with Gasteiger partial charge >= 0.3 is 0 Å². The summed E-state index contributed by atoms with van der Waals surface area (Å²) in [6, 6.07) is 11.4. The van der Waals surface area contributed by atoms with Crippen LogP contribution in [-0.2, 0) is 18.9 Å². The number of nitrogens with zero attached hydrogens (tertiary/aromatic N) is 3. The third-order valence-corrected chi connectivity index (χ3v) is 5.42. The molecule has 0 spiro atoms. The van der Waals surface area contributed by atoms with Crippen molar-refractivity contribution in [2.75, 3.05) is 0 Å². The van der Waals surface area contributed by atoms with E-state index in [1.54, 1.807) is 24.3 Å². The zero-order valence-electron chi connectivity index (χ0n) is 14.2. The van der Waals surface area contributed by atoms with Gasteiger partial charge in [-0.15, -0.1) is 16.8 Å². The summed E-state index contributed by atoms with van der Waals surface area (Å²) in [4.78, 5) is 0. The molecule has 4 nitrogen and oxygen atoms in total. The molecule has 0 unspecified atom stereocenters. The highest BCUT2D eigenvalue weighted by Crippen LogP contribution is 2.27. The summed E-state index contributed by atoms with van der Waals surface area (Å²) in [7, 11) is 0. The molecule has 0 aliphatic heterocycles. The Morgan fingerprint density at radius 2 is 1.89 bits per heavy atom. The number of halogens is 3. The lowest BCUT2D eigenvalue weighted by atomic mass is 10.2. The fraction of sp³-hybridized carbons (Fsp3) is 0.158. The molecular formula is C19H16Cl2FN3OS. The second-order valence-electron chi connectivity index (χ2n) is 5.58. The maximum Gasteiger partial charge on any atom is 0.191 e. The second-order valence-corrected chi connectivity index (χ2v) is 7.33. The van der Waals surface area contributed by atoms with Gasteiger partial charge in [0.05, 0.1) is 10.0 Å². The monoisotopic (exact) mass is 423 g/mol. The van der Waals surface area contributed by atoms with Crippen molar-refractivity contribution in [1.29, 1.82) is 0 Å². The molecule has 27 heavy (non-hydrogen) atoms. The van der Waals surface area contributed by atoms with Crippen molar-refractivity contribution in [3.63, 3.8) is 0 Å². The van der Waals surface area contributed by atoms with Crippen molar-refractivity contribution in [2.45, 2.75) is 24.1 Å². The molecule has 3 rings (SSSR count). The highest BCUT2D eigenvalue weighted by Gasteiger charge is 2.13. The van der Waals surface area contributed by atoms with E-state index in [0.717, 1.165) is 10.7 Å². The smallest absolute Gasteiger partial charge is 0.191 e. The van der Waals surface area contributed by atoms with E-state index in [0.29, 0.717) is 33.9 Å². The van der Waals surface area contributed by atoms with Gasteiger partial charge in [-0.1, -0.05) is 47.1 Å². The van der Waals surface area contributed by atoms with Gasteiger partial charge in [-0.2, -0.15) is 0 Å². The molecule has 8 heteroatoms. The fourth-order valence-corrected chi connectivity index (χ4v) is 3.53. The molecule has 0 bridgehead atoms. The molecule has 0 fully saturated rings. The number of hydrogen-bond acceptors (Lipinski definition) is 4. The summed E-state index contributed by atoms with van der Waals surface area (Å²) in [6.45, 7) is 4.56. The Kier molecular flexibility index (Phi) is 6.77. The minimum Gasteiger partial charge on any atom is -0.486 e. The lowest BCUT2D eigenvalue weighted by molar-refractivity contribution is 0.288. The molecule has 0 saturated carbocycles. The number of benzene rings is 2. The van der Waals surface area contributed by atoms with E-state index < -0.39 is 0 Å². The average molecular weight is 424 g/mol. The maximum absolute atomic E-state index is 13.0. The maximum atomic E-state index is 13.0. The SMILES string of the molecule is C=CCn1c(COc2ccc(F)cc2)nnc1SCc1ccc(Cl)c(Cl)c1. The molecule has 0 atom stereocenters. The third-order valence-electron chi connectivity index (χ3n) is 3.64. The minimum atomic E-state index is -0.307. The van der Waals surface area contributed by atoms with Crippen molar-refractivity contribution in [3.8, 4) is 5.75 Å². The largest absolute Gasteiger partial charge is 0.486 e. The summed E-state index contributed by atoms with van der Waals surface area (Å²) < 4.78 is 20.6. The fourth-order valence-electron chi connectivity index (χ4n) is 2.30. The second kappa shape index (κ2) is 9.26. The van der Waals surface area contributed by atoms with Crippen LogP contribution in [0.25, 0.3) is 0 Å². The molecule has 0 radical (unpaired) electrons. The number of ether oxygens (including phenoxy) is 1. The molecule has 1 aromatic heterocycles. The van der Waals surface area contributed by atoms with Gasteiger partial charge in [0.2, 0.25) is 0 Å². The van der Waals surface area contributed by atoms with Crippen LogP contribution in [0.5, 0.6) is 5.75 Å². The predicted octanol–water partition coefficient (Wildman–Crippen LogP) is 5.78. The van der Waals surface area contributed by atoms with Crippen molar-refractivity contribution in [2.24, 2.45) is 0 Å². The Bertz CT molecular complexity index is 931. The lowest BCUT2D eigenvalue weighted by Crippen LogP contribution is -2.07. The average Bonchev–Trinajstić information content (AvgIpc) is 3.04. The first-order valence-corrected chi connectivity index (χ1v) is 9.79. The molecule has 0 N–H and O–H groups in total. The number of aromatic nitrogens is 3. The summed E-state index contributed by atoms with van der Waals surface area (Å²) in [5.41, 5.74) is 1.03. The Labute approximate surface area is 171 Å². The van der Waals surface area contributed by atoms with Gasteiger partial charge in [-0.05, 0) is 42.0 Å². The minimum absolute atomic E-state index is 0.222. The van der Waals surface area contributed by atoms with Gasteiger partial charge in [-0.3, -0.25) is 4.57 Å². The molecule has 0 amide bonds. The Hall–Kier alpha value is -2.02. The highest BCUT2D eigenvalue weighted by molar-refractivity contribution is 7.98. The van der Waals surface area contributed by atoms with Gasteiger partial charge in [0.1, 0.15) is 18.2 Å². The van der Waals surface area contributed by atoms with Crippen molar-refractivity contribution < 1.29 is 9.13 Å². The van der Waals surface area contributed by atoms with Crippen LogP contribution in [0.15, 0.2) is 60.3 Å². The van der Waals surface area contributed by atoms with E-state index in [2.05, 4.69) is 16.8 Å². The summed E-state index contributed by atoms with van der Waals surface area (Å²) >= 11 is 13.5. The standard InChI is InChI=1S/C19H16Cl2FN3OS/c1-2-9-25-18(11-26-15-6-4-14(22)5-7-15)23-24-19(25)27-12-13-3-8-16(20)17(21)10-13/h2-8,10H,1,9,11-12H2. The Balaban J connectivity index is 1.69. The summed E-state index contributed by atoms with van der Waals surface area (Å²) in [6.07, 6.45) is 1.77. The first kappa shape index (κ1) is 19.7. The van der Waals surface area contributed by atoms with Gasteiger partial charge in [0.25, 0.3) is 0 Å². The highest BCUT2D eigenvalue weighted by atomic mass is 35.5. The van der Waals surface area contributed by atoms with E-state index in [1.807, 2.05) is 16.7 Å². The zero-order chi connectivity index (χ0) is 19.2. The van der Waals surface area contributed by atoms with E-state index in [9.17, 15) is 4.39 Å². The van der Waals surface area contributed by atoms with Crippen LogP contribution in [-0.4, -0.2) is 14.8 Å². The molecule has 0 aliphatic carbocycles. The lowest BCUT2D eigenvalue weighted by Gasteiger charge is -2.09.